The third kappa shape index (κ3) is 3.87. The maximum Gasteiger partial charge on any atom is 0.416 e. The number of hydrogen-bond donors (Lipinski definition) is 2. The molecule has 2 aromatic rings. The molecule has 0 saturated carbocycles. The van der Waals surface area contributed by atoms with Gasteiger partial charge in [0, 0.05) is 0 Å². The van der Waals surface area contributed by atoms with E-state index >= 15 is 0 Å². The summed E-state index contributed by atoms with van der Waals surface area (Å²) in [5.41, 5.74) is -0.471. The smallest absolute Gasteiger partial charge is 0.416 e. The van der Waals surface area contributed by atoms with Crippen LogP contribution in [-0.4, -0.2) is 23.8 Å². The van der Waals surface area contributed by atoms with Crippen LogP contribution in [0.4, 0.5) is 19.1 Å². The summed E-state index contributed by atoms with van der Waals surface area (Å²) in [7, 11) is 1.30. The summed E-state index contributed by atoms with van der Waals surface area (Å²) >= 11 is 1.56. The molecule has 0 aliphatic heterocycles. The number of hydrogen-bond acceptors (Lipinski definition) is 5. The summed E-state index contributed by atoms with van der Waals surface area (Å²) in [6.07, 6.45) is -4.47. The van der Waals surface area contributed by atoms with Gasteiger partial charge >= 0.3 is 12.1 Å². The van der Waals surface area contributed by atoms with Crippen molar-refractivity contribution in [1.82, 2.24) is 0 Å². The minimum absolute atomic E-state index is 0.143. The van der Waals surface area contributed by atoms with Crippen LogP contribution in [0.1, 0.15) is 12.5 Å². The Morgan fingerprint density at radius 1 is 1.35 bits per heavy atom. The standard InChI is InChI=1S/C15H16F3NO3S/c1-3-23-8-19-13-11(12(20)14(21-2)22-13)9-5-4-6-10(7-9)15(16,17)18/h4-7,19-20H,3,8H2,1-2H3. The number of methoxy groups -OCH3 is 1. The Labute approximate surface area is 135 Å². The maximum absolute atomic E-state index is 12.9. The molecule has 0 amide bonds. The number of ether oxygens (including phenoxy) is 1. The predicted molar refractivity (Wildman–Crippen MR) is 84.0 cm³/mol. The van der Waals surface area contributed by atoms with Gasteiger partial charge in [-0.25, -0.2) is 0 Å². The largest absolute Gasteiger partial charge is 0.501 e. The van der Waals surface area contributed by atoms with E-state index < -0.39 is 11.7 Å². The number of benzene rings is 1. The molecular formula is C15H16F3NO3S. The summed E-state index contributed by atoms with van der Waals surface area (Å²) in [6, 6.07) is 4.68. The van der Waals surface area contributed by atoms with E-state index in [1.54, 1.807) is 11.8 Å². The predicted octanol–water partition coefficient (Wildman–Crippen LogP) is 4.80. The van der Waals surface area contributed by atoms with Crippen LogP contribution in [0.25, 0.3) is 11.1 Å². The van der Waals surface area contributed by atoms with E-state index in [-0.39, 0.29) is 28.7 Å². The molecule has 2 N–H and O–H groups in total. The zero-order valence-electron chi connectivity index (χ0n) is 12.5. The molecule has 0 aliphatic carbocycles. The normalized spacial score (nSPS) is 11.5. The van der Waals surface area contributed by atoms with Crippen molar-refractivity contribution < 1.29 is 27.4 Å². The molecule has 0 bridgehead atoms. The van der Waals surface area contributed by atoms with E-state index in [4.69, 9.17) is 9.15 Å². The van der Waals surface area contributed by atoms with Crippen LogP contribution in [0.15, 0.2) is 28.7 Å². The van der Waals surface area contributed by atoms with Crippen molar-refractivity contribution in [3.05, 3.63) is 29.8 Å². The van der Waals surface area contributed by atoms with Crippen LogP contribution in [0.3, 0.4) is 0 Å². The molecule has 4 nitrogen and oxygen atoms in total. The molecule has 0 atom stereocenters. The number of furan rings is 1. The third-order valence-corrected chi connectivity index (χ3v) is 3.81. The Balaban J connectivity index is 2.47. The van der Waals surface area contributed by atoms with E-state index in [0.29, 0.717) is 5.88 Å². The van der Waals surface area contributed by atoms with Gasteiger partial charge in [-0.2, -0.15) is 13.2 Å². The van der Waals surface area contributed by atoms with Crippen LogP contribution >= 0.6 is 11.8 Å². The van der Waals surface area contributed by atoms with Crippen LogP contribution in [0.5, 0.6) is 11.7 Å². The molecule has 0 aliphatic rings. The van der Waals surface area contributed by atoms with Crippen molar-refractivity contribution >= 4 is 17.6 Å². The van der Waals surface area contributed by atoms with E-state index in [0.717, 1.165) is 17.9 Å². The first kappa shape index (κ1) is 17.4. The van der Waals surface area contributed by atoms with Gasteiger partial charge in [0.25, 0.3) is 0 Å². The molecule has 0 fully saturated rings. The zero-order valence-corrected chi connectivity index (χ0v) is 13.3. The highest BCUT2D eigenvalue weighted by atomic mass is 32.2. The Morgan fingerprint density at radius 3 is 2.70 bits per heavy atom. The van der Waals surface area contributed by atoms with Gasteiger partial charge in [-0.15, -0.1) is 11.8 Å². The summed E-state index contributed by atoms with van der Waals surface area (Å²) in [5, 5.41) is 13.1. The van der Waals surface area contributed by atoms with Crippen molar-refractivity contribution in [3.63, 3.8) is 0 Å². The highest BCUT2D eigenvalue weighted by Gasteiger charge is 2.31. The molecule has 0 saturated heterocycles. The first-order valence-electron chi connectivity index (χ1n) is 6.77. The molecule has 1 aromatic carbocycles. The molecule has 1 heterocycles. The van der Waals surface area contributed by atoms with E-state index in [9.17, 15) is 18.3 Å². The summed E-state index contributed by atoms with van der Waals surface area (Å²) < 4.78 is 48.9. The maximum atomic E-state index is 12.9. The Kier molecular flexibility index (Phi) is 5.35. The number of nitrogens with one attached hydrogen (secondary N) is 1. The van der Waals surface area contributed by atoms with Gasteiger partial charge in [-0.3, -0.25) is 0 Å². The summed E-state index contributed by atoms with van der Waals surface area (Å²) in [4.78, 5) is 0. The molecule has 1 aromatic heterocycles. The van der Waals surface area contributed by atoms with Gasteiger partial charge in [-0.1, -0.05) is 19.1 Å². The Hall–Kier alpha value is -1.96. The number of aromatic hydroxyl groups is 1. The van der Waals surface area contributed by atoms with E-state index in [2.05, 4.69) is 5.32 Å². The third-order valence-electron chi connectivity index (χ3n) is 3.05. The van der Waals surface area contributed by atoms with Crippen molar-refractivity contribution in [2.24, 2.45) is 0 Å². The number of rotatable bonds is 6. The van der Waals surface area contributed by atoms with Crippen LogP contribution < -0.4 is 10.1 Å². The van der Waals surface area contributed by atoms with E-state index in [1.807, 2.05) is 6.92 Å². The minimum Gasteiger partial charge on any atom is -0.501 e. The average molecular weight is 347 g/mol. The van der Waals surface area contributed by atoms with Crippen LogP contribution in [-0.2, 0) is 6.18 Å². The topological polar surface area (TPSA) is 54.6 Å². The van der Waals surface area contributed by atoms with Crippen molar-refractivity contribution in [2.45, 2.75) is 13.1 Å². The number of alkyl halides is 3. The fourth-order valence-electron chi connectivity index (χ4n) is 2.00. The first-order valence-corrected chi connectivity index (χ1v) is 7.93. The highest BCUT2D eigenvalue weighted by Crippen LogP contribution is 2.46. The lowest BCUT2D eigenvalue weighted by Gasteiger charge is -2.09. The SMILES string of the molecule is CCSCNc1oc(OC)c(O)c1-c1cccc(C(F)(F)F)c1. The lowest BCUT2D eigenvalue weighted by atomic mass is 10.0. The second kappa shape index (κ2) is 7.08. The molecular weight excluding hydrogens is 331 g/mol. The summed E-state index contributed by atoms with van der Waals surface area (Å²) in [6.45, 7) is 1.97. The first-order chi connectivity index (χ1) is 10.9. The lowest BCUT2D eigenvalue weighted by Crippen LogP contribution is -2.04. The average Bonchev–Trinajstić information content (AvgIpc) is 2.83. The molecule has 0 radical (unpaired) electrons. The van der Waals surface area contributed by atoms with Gasteiger partial charge in [0.1, 0.15) is 0 Å². The number of thioether (sulfide) groups is 1. The van der Waals surface area contributed by atoms with E-state index in [1.165, 1.54) is 19.2 Å². The van der Waals surface area contributed by atoms with Crippen LogP contribution in [0, 0.1) is 0 Å². The summed E-state index contributed by atoms with van der Waals surface area (Å²) in [5.74, 6) is 1.02. The van der Waals surface area contributed by atoms with Crippen molar-refractivity contribution in [3.8, 4) is 22.8 Å². The molecule has 126 valence electrons. The quantitative estimate of drug-likeness (QED) is 0.581. The molecule has 23 heavy (non-hydrogen) atoms. The van der Waals surface area contributed by atoms with Gasteiger partial charge in [-0.05, 0) is 23.4 Å². The number of anilines is 1. The second-order valence-electron chi connectivity index (χ2n) is 4.54. The lowest BCUT2D eigenvalue weighted by molar-refractivity contribution is -0.137. The second-order valence-corrected chi connectivity index (χ2v) is 5.81. The highest BCUT2D eigenvalue weighted by molar-refractivity contribution is 7.99. The monoisotopic (exact) mass is 347 g/mol. The van der Waals surface area contributed by atoms with Gasteiger partial charge in [0.15, 0.2) is 0 Å². The van der Waals surface area contributed by atoms with Gasteiger partial charge < -0.3 is 19.6 Å². The Morgan fingerprint density at radius 2 is 2.09 bits per heavy atom. The fourth-order valence-corrected chi connectivity index (χ4v) is 2.44. The molecule has 8 heteroatoms. The van der Waals surface area contributed by atoms with Gasteiger partial charge in [0.2, 0.25) is 11.6 Å². The molecule has 0 spiro atoms. The van der Waals surface area contributed by atoms with Gasteiger partial charge in [0.05, 0.1) is 24.1 Å². The Bertz CT molecular complexity index is 670. The fraction of sp³-hybridized carbons (Fsp3) is 0.333. The van der Waals surface area contributed by atoms with Crippen molar-refractivity contribution in [2.75, 3.05) is 24.1 Å². The van der Waals surface area contributed by atoms with Crippen molar-refractivity contribution in [1.29, 1.82) is 0 Å². The number of halogens is 3. The molecule has 2 rings (SSSR count). The zero-order chi connectivity index (χ0) is 17.0. The molecule has 0 unspecified atom stereocenters. The van der Waals surface area contributed by atoms with Crippen LogP contribution in [0.2, 0.25) is 0 Å². The minimum atomic E-state index is -4.47.